The van der Waals surface area contributed by atoms with Crippen molar-refractivity contribution >= 4 is 0 Å². The van der Waals surface area contributed by atoms with Crippen LogP contribution in [0.15, 0.2) is 0 Å². The molecule has 0 saturated carbocycles. The minimum absolute atomic E-state index is 1.93. The molecule has 0 aliphatic rings. The van der Waals surface area contributed by atoms with Crippen LogP contribution in [0.25, 0.3) is 0 Å². The first kappa shape index (κ1) is 13.4. The number of hydrogen-bond donors (Lipinski definition) is 0. The van der Waals surface area contributed by atoms with E-state index in [-0.39, 0.29) is 0 Å². The van der Waals surface area contributed by atoms with Crippen LogP contribution in [0.1, 0.15) is 0 Å². The Kier molecular flexibility index (Phi) is 3.73. The highest BCUT2D eigenvalue weighted by atomic mass is 19.4. The molecule has 0 heterocycles. The molecule has 0 aliphatic heterocycles. The molecule has 2 nitrogen and oxygen atoms in total. The average Bonchev–Trinajstić information content (AvgIpc) is 1.80. The van der Waals surface area contributed by atoms with Gasteiger partial charge >= 0.3 is 18.4 Å². The van der Waals surface area contributed by atoms with Gasteiger partial charge in [-0.25, -0.2) is 0 Å². The Balaban J connectivity index is 4.02. The molecule has 0 aromatic carbocycles. The van der Waals surface area contributed by atoms with Crippen molar-refractivity contribution in [1.29, 1.82) is 0 Å². The predicted molar refractivity (Wildman–Crippen MR) is 28.3 cm³/mol. The largest absolute Gasteiger partial charge is 0.483 e. The van der Waals surface area contributed by atoms with E-state index in [4.69, 9.17) is 0 Å². The quantitative estimate of drug-likeness (QED) is 0.544. The lowest BCUT2D eigenvalue weighted by atomic mass is 10.6. The third kappa shape index (κ3) is 4.61. The molecule has 0 unspecified atom stereocenters. The summed E-state index contributed by atoms with van der Waals surface area (Å²) >= 11 is 0. The summed E-state index contributed by atoms with van der Waals surface area (Å²) in [6, 6.07) is 0. The van der Waals surface area contributed by atoms with Crippen molar-refractivity contribution in [2.75, 3.05) is 6.79 Å². The highest BCUT2D eigenvalue weighted by Gasteiger charge is 2.59. The first-order chi connectivity index (χ1) is 5.96. The molecular weight excluding hydrogens is 225 g/mol. The predicted octanol–water partition coefficient (Wildman–Crippen LogP) is 2.56. The lowest BCUT2D eigenvalue weighted by Crippen LogP contribution is -2.40. The zero-order valence-corrected chi connectivity index (χ0v) is 6.38. The second-order valence-electron chi connectivity index (χ2n) is 2.06. The van der Waals surface area contributed by atoms with E-state index in [9.17, 15) is 30.7 Å². The Labute approximate surface area is 73.6 Å². The lowest BCUT2D eigenvalue weighted by Gasteiger charge is -2.20. The minimum Gasteiger partial charge on any atom is -0.293 e. The van der Waals surface area contributed by atoms with Crippen LogP contribution in [0.5, 0.6) is 0 Å². The van der Waals surface area contributed by atoms with Crippen LogP contribution in [0, 0.1) is 6.92 Å². The molecule has 0 N–H and O–H groups in total. The topological polar surface area (TPSA) is 18.5 Å². The first-order valence-electron chi connectivity index (χ1n) is 2.91. The van der Waals surface area contributed by atoms with Gasteiger partial charge in [0.1, 0.15) is 0 Å². The Morgan fingerprint density at radius 2 is 1.29 bits per heavy atom. The smallest absolute Gasteiger partial charge is 0.293 e. The molecule has 0 amide bonds. The van der Waals surface area contributed by atoms with Gasteiger partial charge in [0.2, 0.25) is 0 Å². The molecule has 0 saturated heterocycles. The van der Waals surface area contributed by atoms with Gasteiger partial charge in [-0.3, -0.25) is 9.47 Å². The van der Waals surface area contributed by atoms with Crippen molar-refractivity contribution in [2.45, 2.75) is 18.4 Å². The van der Waals surface area contributed by atoms with E-state index >= 15 is 0 Å². The molecule has 0 atom stereocenters. The summed E-state index contributed by atoms with van der Waals surface area (Å²) in [6.07, 6.45) is -15.6. The van der Waals surface area contributed by atoms with Gasteiger partial charge < -0.3 is 0 Å². The van der Waals surface area contributed by atoms with E-state index < -0.39 is 25.2 Å². The molecule has 0 bridgehead atoms. The summed E-state index contributed by atoms with van der Waals surface area (Å²) < 4.78 is 86.8. The van der Waals surface area contributed by atoms with Crippen LogP contribution in [0.3, 0.4) is 0 Å². The number of alkyl halides is 7. The van der Waals surface area contributed by atoms with Gasteiger partial charge in [0.05, 0.1) is 0 Å². The summed E-state index contributed by atoms with van der Waals surface area (Å²) in [5.41, 5.74) is 0. The lowest BCUT2D eigenvalue weighted by molar-refractivity contribution is -0.417. The Bertz CT molecular complexity index is 181. The third-order valence-electron chi connectivity index (χ3n) is 0.840. The Morgan fingerprint density at radius 3 is 1.57 bits per heavy atom. The van der Waals surface area contributed by atoms with Crippen molar-refractivity contribution in [3.63, 3.8) is 0 Å². The number of halogens is 7. The van der Waals surface area contributed by atoms with Crippen molar-refractivity contribution in [1.82, 2.24) is 0 Å². The fourth-order valence-corrected chi connectivity index (χ4v) is 0.272. The van der Waals surface area contributed by atoms with Gasteiger partial charge in [-0.15, -0.1) is 0 Å². The molecule has 0 fully saturated rings. The maximum absolute atomic E-state index is 11.8. The van der Waals surface area contributed by atoms with Gasteiger partial charge in [-0.05, 0) is 0 Å². The fraction of sp³-hybridized carbons (Fsp3) is 0.800. The molecule has 14 heavy (non-hydrogen) atoms. The highest BCUT2D eigenvalue weighted by molar-refractivity contribution is 4.63. The van der Waals surface area contributed by atoms with Crippen LogP contribution in [0.2, 0.25) is 0 Å². The monoisotopic (exact) mass is 229 g/mol. The Morgan fingerprint density at radius 1 is 0.857 bits per heavy atom. The van der Waals surface area contributed by atoms with Crippen LogP contribution >= 0.6 is 0 Å². The normalized spacial score (nSPS) is 14.6. The third-order valence-corrected chi connectivity index (χ3v) is 0.840. The molecule has 1 radical (unpaired) electrons. The zero-order valence-electron chi connectivity index (χ0n) is 6.38. The molecule has 0 rings (SSSR count). The highest BCUT2D eigenvalue weighted by Crippen LogP contribution is 2.36. The summed E-state index contributed by atoms with van der Waals surface area (Å²) in [6.45, 7) is 0.0629. The van der Waals surface area contributed by atoms with Crippen LogP contribution in [0.4, 0.5) is 30.7 Å². The van der Waals surface area contributed by atoms with E-state index in [0.717, 1.165) is 0 Å². The van der Waals surface area contributed by atoms with Crippen LogP contribution in [-0.2, 0) is 9.47 Å². The first-order valence-corrected chi connectivity index (χ1v) is 2.91. The van der Waals surface area contributed by atoms with Crippen molar-refractivity contribution < 1.29 is 40.2 Å². The minimum atomic E-state index is -5.98. The molecule has 85 valence electrons. The summed E-state index contributed by atoms with van der Waals surface area (Å²) in [7, 11) is 0. The van der Waals surface area contributed by atoms with E-state index in [1.807, 2.05) is 6.92 Å². The van der Waals surface area contributed by atoms with E-state index in [2.05, 4.69) is 9.47 Å². The molecule has 0 spiro atoms. The van der Waals surface area contributed by atoms with Gasteiger partial charge in [0, 0.05) is 6.92 Å². The van der Waals surface area contributed by atoms with E-state index in [1.165, 1.54) is 0 Å². The van der Waals surface area contributed by atoms with Gasteiger partial charge in [0.15, 0.2) is 6.79 Å². The molecule has 0 aliphatic carbocycles. The second-order valence-corrected chi connectivity index (χ2v) is 2.06. The van der Waals surface area contributed by atoms with Crippen molar-refractivity contribution in [3.05, 3.63) is 6.92 Å². The van der Waals surface area contributed by atoms with E-state index in [0.29, 0.717) is 0 Å². The van der Waals surface area contributed by atoms with Crippen molar-refractivity contribution in [3.8, 4) is 0 Å². The molecule has 9 heteroatoms. The maximum Gasteiger partial charge on any atom is 0.483 e. The van der Waals surface area contributed by atoms with Gasteiger partial charge in [-0.2, -0.15) is 30.7 Å². The van der Waals surface area contributed by atoms with Gasteiger partial charge in [0.25, 0.3) is 0 Å². The zero-order chi connectivity index (χ0) is 11.6. The summed E-state index contributed by atoms with van der Waals surface area (Å²) in [4.78, 5) is 0. The van der Waals surface area contributed by atoms with Crippen LogP contribution < -0.4 is 0 Å². The number of rotatable bonds is 4. The summed E-state index contributed by atoms with van der Waals surface area (Å²) in [5.74, 6) is 0. The summed E-state index contributed by atoms with van der Waals surface area (Å²) in [5, 5.41) is 0. The molecule has 0 aromatic heterocycles. The Hall–Kier alpha value is -0.570. The maximum atomic E-state index is 11.8. The average molecular weight is 229 g/mol. The second kappa shape index (κ2) is 3.89. The molecular formula is C5H4F7O2. The van der Waals surface area contributed by atoms with E-state index in [1.54, 1.807) is 0 Å². The van der Waals surface area contributed by atoms with Crippen molar-refractivity contribution in [2.24, 2.45) is 0 Å². The van der Waals surface area contributed by atoms with Gasteiger partial charge in [-0.1, -0.05) is 0 Å². The fourth-order valence-electron chi connectivity index (χ4n) is 0.272. The SMILES string of the molecule is [CH2]C(F)(F)OCOC(F)(F)C(F)(F)F. The van der Waals surface area contributed by atoms with Crippen LogP contribution in [-0.4, -0.2) is 25.2 Å². The molecule has 0 aromatic rings. The standard InChI is InChI=1S/C5H4F7O2/c1-3(6,7)13-2-14-5(11,12)4(8,9)10/h1-2H2. The number of hydrogen-bond acceptors (Lipinski definition) is 2. The number of ether oxygens (including phenoxy) is 2.